The molecule has 0 bridgehead atoms. The Bertz CT molecular complexity index is 955. The van der Waals surface area contributed by atoms with E-state index in [2.05, 4.69) is 20.9 Å². The van der Waals surface area contributed by atoms with Gasteiger partial charge in [0.05, 0.1) is 18.4 Å². The molecule has 2 heterocycles. The van der Waals surface area contributed by atoms with Gasteiger partial charge in [0.2, 0.25) is 5.88 Å². The van der Waals surface area contributed by atoms with Gasteiger partial charge in [-0.2, -0.15) is 0 Å². The molecular formula is C22H24F2N4OS. The van der Waals surface area contributed by atoms with E-state index in [0.29, 0.717) is 22.7 Å². The average Bonchev–Trinajstić information content (AvgIpc) is 2.74. The maximum absolute atomic E-state index is 14.5. The molecule has 0 amide bonds. The Morgan fingerprint density at radius 2 is 2.13 bits per heavy atom. The molecule has 0 spiro atoms. The Morgan fingerprint density at radius 1 is 1.37 bits per heavy atom. The van der Waals surface area contributed by atoms with Crippen LogP contribution in [-0.4, -0.2) is 27.0 Å². The van der Waals surface area contributed by atoms with Gasteiger partial charge in [-0.15, -0.1) is 6.42 Å². The number of hydrogen-bond donors (Lipinski definition) is 1. The van der Waals surface area contributed by atoms with Gasteiger partial charge in [-0.1, -0.05) is 44.5 Å². The third-order valence-electron chi connectivity index (χ3n) is 4.01. The molecule has 0 saturated heterocycles. The van der Waals surface area contributed by atoms with Gasteiger partial charge in [-0.05, 0) is 30.2 Å². The number of terminal acetylenes is 1. The second-order valence-corrected chi connectivity index (χ2v) is 7.61. The minimum atomic E-state index is -0.607. The molecule has 30 heavy (non-hydrogen) atoms. The van der Waals surface area contributed by atoms with E-state index in [9.17, 15) is 8.78 Å². The van der Waals surface area contributed by atoms with Crippen LogP contribution in [0.2, 0.25) is 0 Å². The number of nitrogens with zero attached hydrogens (tertiary/aromatic N) is 3. The molecule has 5 nitrogen and oxygen atoms in total. The van der Waals surface area contributed by atoms with E-state index in [1.165, 1.54) is 42.4 Å². The first kappa shape index (κ1) is 23.4. The van der Waals surface area contributed by atoms with Crippen molar-refractivity contribution in [3.05, 3.63) is 53.2 Å². The van der Waals surface area contributed by atoms with Crippen LogP contribution in [0, 0.1) is 18.2 Å². The van der Waals surface area contributed by atoms with E-state index in [0.717, 1.165) is 0 Å². The summed E-state index contributed by atoms with van der Waals surface area (Å²) < 4.78 is 34.0. The van der Waals surface area contributed by atoms with Crippen molar-refractivity contribution in [1.29, 1.82) is 0 Å². The van der Waals surface area contributed by atoms with E-state index in [4.69, 9.17) is 16.9 Å². The van der Waals surface area contributed by atoms with Crippen molar-refractivity contribution >= 4 is 28.8 Å². The molecule has 1 aliphatic rings. The molecule has 0 saturated carbocycles. The monoisotopic (exact) mass is 430 g/mol. The van der Waals surface area contributed by atoms with Gasteiger partial charge in [0.15, 0.2) is 17.6 Å². The summed E-state index contributed by atoms with van der Waals surface area (Å²) in [7, 11) is 0. The van der Waals surface area contributed by atoms with Gasteiger partial charge in [0, 0.05) is 10.8 Å². The van der Waals surface area contributed by atoms with E-state index in [-0.39, 0.29) is 29.5 Å². The fourth-order valence-electron chi connectivity index (χ4n) is 2.76. The Balaban J connectivity index is 0.00000155. The van der Waals surface area contributed by atoms with Gasteiger partial charge in [0.25, 0.3) is 0 Å². The number of rotatable bonds is 5. The van der Waals surface area contributed by atoms with Crippen LogP contribution in [0.1, 0.15) is 50.1 Å². The Hall–Kier alpha value is -2.92. The quantitative estimate of drug-likeness (QED) is 0.676. The van der Waals surface area contributed by atoms with Crippen LogP contribution in [0.15, 0.2) is 35.6 Å². The molecule has 1 aromatic heterocycles. The number of amidine groups is 1. The molecule has 2 N–H and O–H groups in total. The Kier molecular flexibility index (Phi) is 8.81. The molecule has 2 unspecified atom stereocenters. The molecule has 2 atom stereocenters. The second-order valence-electron chi connectivity index (χ2n) is 6.15. The SMILES string of the molecule is C#CCOc1cnc(/C(F)=C/c2ccc(F)c(C3CC(C)SC(N)=N3)c2)cn1.CC. The zero-order valence-electron chi connectivity index (χ0n) is 17.1. The van der Waals surface area contributed by atoms with Crippen molar-refractivity contribution in [3.8, 4) is 18.2 Å². The summed E-state index contributed by atoms with van der Waals surface area (Å²) in [6.45, 7) is 6.06. The van der Waals surface area contributed by atoms with Gasteiger partial charge >= 0.3 is 0 Å². The van der Waals surface area contributed by atoms with E-state index >= 15 is 0 Å². The van der Waals surface area contributed by atoms with Crippen LogP contribution in [0.5, 0.6) is 5.88 Å². The second kappa shape index (κ2) is 11.3. The van der Waals surface area contributed by atoms with Crippen molar-refractivity contribution in [1.82, 2.24) is 9.97 Å². The minimum Gasteiger partial charge on any atom is -0.463 e. The molecule has 1 aromatic carbocycles. The highest BCUT2D eigenvalue weighted by Gasteiger charge is 2.24. The predicted molar refractivity (Wildman–Crippen MR) is 119 cm³/mol. The summed E-state index contributed by atoms with van der Waals surface area (Å²) in [4.78, 5) is 12.2. The van der Waals surface area contributed by atoms with Crippen LogP contribution in [-0.2, 0) is 0 Å². The van der Waals surface area contributed by atoms with Crippen molar-refractivity contribution in [2.75, 3.05) is 6.61 Å². The number of ether oxygens (including phenoxy) is 1. The van der Waals surface area contributed by atoms with Crippen LogP contribution in [0.4, 0.5) is 8.78 Å². The number of hydrogen-bond acceptors (Lipinski definition) is 6. The normalized spacial score (nSPS) is 18.5. The largest absolute Gasteiger partial charge is 0.463 e. The molecule has 0 radical (unpaired) electrons. The third kappa shape index (κ3) is 6.29. The maximum Gasteiger partial charge on any atom is 0.233 e. The summed E-state index contributed by atoms with van der Waals surface area (Å²) in [6.07, 6.45) is 9.55. The van der Waals surface area contributed by atoms with Gasteiger partial charge in [0.1, 0.15) is 11.5 Å². The molecule has 8 heteroatoms. The summed E-state index contributed by atoms with van der Waals surface area (Å²) in [5.74, 6) is 1.51. The number of aliphatic imine (C=N–C) groups is 1. The highest BCUT2D eigenvalue weighted by molar-refractivity contribution is 8.14. The van der Waals surface area contributed by atoms with E-state index < -0.39 is 11.6 Å². The fraction of sp³-hybridized carbons (Fsp3) is 0.318. The number of thioether (sulfide) groups is 1. The van der Waals surface area contributed by atoms with Crippen LogP contribution in [0.3, 0.4) is 0 Å². The van der Waals surface area contributed by atoms with Crippen molar-refractivity contribution < 1.29 is 13.5 Å². The summed E-state index contributed by atoms with van der Waals surface area (Å²) in [5, 5.41) is 0.654. The average molecular weight is 431 g/mol. The zero-order chi connectivity index (χ0) is 22.1. The first-order valence-electron chi connectivity index (χ1n) is 9.51. The first-order chi connectivity index (χ1) is 14.5. The number of aromatic nitrogens is 2. The van der Waals surface area contributed by atoms with Gasteiger partial charge < -0.3 is 10.5 Å². The summed E-state index contributed by atoms with van der Waals surface area (Å²) >= 11 is 1.46. The minimum absolute atomic E-state index is 0.0314. The van der Waals surface area contributed by atoms with Gasteiger partial charge in [-0.3, -0.25) is 4.99 Å². The standard InChI is InChI=1S/C20H18F2N4OS.C2H6/c1-3-6-27-19-11-24-18(10-25-19)16(22)9-13-4-5-15(21)14(8-13)17-7-12(2)28-20(23)26-17;1-2/h1,4-5,8-12,17H,6-7H2,2H3,(H2,23,26);1-2H3/b16-9-;. The molecule has 0 fully saturated rings. The third-order valence-corrected chi connectivity index (χ3v) is 4.95. The maximum atomic E-state index is 14.5. The lowest BCUT2D eigenvalue weighted by molar-refractivity contribution is 0.353. The Labute approximate surface area is 179 Å². The predicted octanol–water partition coefficient (Wildman–Crippen LogP) is 5.00. The molecule has 0 aliphatic carbocycles. The molecule has 1 aliphatic heterocycles. The van der Waals surface area contributed by atoms with Crippen molar-refractivity contribution in [3.63, 3.8) is 0 Å². The lowest BCUT2D eigenvalue weighted by Gasteiger charge is -2.23. The molecule has 158 valence electrons. The molecule has 2 aromatic rings. The Morgan fingerprint density at radius 3 is 2.77 bits per heavy atom. The topological polar surface area (TPSA) is 73.4 Å². The first-order valence-corrected chi connectivity index (χ1v) is 10.4. The number of halogens is 2. The highest BCUT2D eigenvalue weighted by atomic mass is 32.2. The molecular weight excluding hydrogens is 406 g/mol. The zero-order valence-corrected chi connectivity index (χ0v) is 17.9. The lowest BCUT2D eigenvalue weighted by Crippen LogP contribution is -2.21. The van der Waals surface area contributed by atoms with E-state index in [1.54, 1.807) is 6.07 Å². The van der Waals surface area contributed by atoms with E-state index in [1.807, 2.05) is 20.8 Å². The van der Waals surface area contributed by atoms with Gasteiger partial charge in [-0.25, -0.2) is 18.7 Å². The lowest BCUT2D eigenvalue weighted by atomic mass is 9.99. The van der Waals surface area contributed by atoms with Crippen LogP contribution < -0.4 is 10.5 Å². The summed E-state index contributed by atoms with van der Waals surface area (Å²) in [6, 6.07) is 3.98. The smallest absolute Gasteiger partial charge is 0.233 e. The number of nitrogens with two attached hydrogens (primary N) is 1. The van der Waals surface area contributed by atoms with Crippen LogP contribution >= 0.6 is 11.8 Å². The number of benzene rings is 1. The van der Waals surface area contributed by atoms with Crippen LogP contribution in [0.25, 0.3) is 11.9 Å². The fourth-order valence-corrected chi connectivity index (χ4v) is 3.64. The highest BCUT2D eigenvalue weighted by Crippen LogP contribution is 2.35. The van der Waals surface area contributed by atoms with Crippen molar-refractivity contribution in [2.24, 2.45) is 10.7 Å². The van der Waals surface area contributed by atoms with Crippen molar-refractivity contribution in [2.45, 2.75) is 38.5 Å². The molecule has 3 rings (SSSR count). The summed E-state index contributed by atoms with van der Waals surface area (Å²) in [5.41, 5.74) is 6.73.